The fraction of sp³-hybridized carbons (Fsp3) is 0.267. The largest absolute Gasteiger partial charge is 0.475 e. The maximum atomic E-state index is 12.5. The number of aliphatic hydroxyl groups excluding tert-OH is 1. The van der Waals surface area contributed by atoms with Crippen molar-refractivity contribution < 1.29 is 23.0 Å². The minimum Gasteiger partial charge on any atom is -0.475 e. The first-order valence-corrected chi connectivity index (χ1v) is 7.67. The van der Waals surface area contributed by atoms with Crippen LogP contribution in [-0.2, 0) is 6.18 Å². The zero-order valence-corrected chi connectivity index (χ0v) is 12.8. The lowest BCUT2D eigenvalue weighted by Crippen LogP contribution is -2.21. The lowest BCUT2D eigenvalue weighted by Gasteiger charge is -2.13. The number of benzene rings is 1. The van der Waals surface area contributed by atoms with Gasteiger partial charge in [-0.3, -0.25) is 0 Å². The first kappa shape index (κ1) is 17.4. The van der Waals surface area contributed by atoms with Crippen LogP contribution in [0.5, 0.6) is 5.88 Å². The second kappa shape index (κ2) is 7.56. The number of ether oxygens (including phenoxy) is 1. The van der Waals surface area contributed by atoms with Gasteiger partial charge in [-0.2, -0.15) is 13.2 Å². The molecule has 1 atom stereocenters. The van der Waals surface area contributed by atoms with Gasteiger partial charge in [-0.05, 0) is 18.2 Å². The van der Waals surface area contributed by atoms with Crippen molar-refractivity contribution in [2.24, 2.45) is 0 Å². The number of pyridine rings is 1. The maximum Gasteiger partial charge on any atom is 0.433 e. The molecule has 0 aliphatic heterocycles. The molecule has 4 nitrogen and oxygen atoms in total. The minimum atomic E-state index is -4.53. The van der Waals surface area contributed by atoms with Crippen molar-refractivity contribution in [3.63, 3.8) is 0 Å². The van der Waals surface area contributed by atoms with Gasteiger partial charge in [0.05, 0.1) is 6.10 Å². The van der Waals surface area contributed by atoms with Crippen LogP contribution in [0.1, 0.15) is 5.69 Å². The molecule has 0 radical (unpaired) electrons. The van der Waals surface area contributed by atoms with E-state index in [0.29, 0.717) is 11.4 Å². The molecule has 0 aliphatic carbocycles. The summed E-state index contributed by atoms with van der Waals surface area (Å²) in [6.07, 6.45) is -5.39. The molecule has 0 aliphatic rings. The fourth-order valence-corrected chi connectivity index (χ4v) is 2.56. The fourth-order valence-electron chi connectivity index (χ4n) is 1.68. The van der Waals surface area contributed by atoms with Crippen LogP contribution in [0.15, 0.2) is 47.4 Å². The van der Waals surface area contributed by atoms with Crippen molar-refractivity contribution in [1.82, 2.24) is 4.98 Å². The molecule has 0 amide bonds. The van der Waals surface area contributed by atoms with Gasteiger partial charge in [0, 0.05) is 22.4 Å². The van der Waals surface area contributed by atoms with E-state index in [9.17, 15) is 18.3 Å². The molecule has 0 bridgehead atoms. The van der Waals surface area contributed by atoms with E-state index >= 15 is 0 Å². The Morgan fingerprint density at radius 1 is 1.17 bits per heavy atom. The predicted octanol–water partition coefficient (Wildman–Crippen LogP) is 3.21. The van der Waals surface area contributed by atoms with Crippen LogP contribution in [0.2, 0.25) is 0 Å². The minimum absolute atomic E-state index is 0.159. The summed E-state index contributed by atoms with van der Waals surface area (Å²) in [6.45, 7) is -0.159. The Kier molecular flexibility index (Phi) is 5.73. The smallest absolute Gasteiger partial charge is 0.433 e. The van der Waals surface area contributed by atoms with Crippen LogP contribution in [-0.4, -0.2) is 28.6 Å². The summed E-state index contributed by atoms with van der Waals surface area (Å²) < 4.78 is 42.7. The molecule has 1 heterocycles. The van der Waals surface area contributed by atoms with E-state index in [-0.39, 0.29) is 12.5 Å². The number of para-hydroxylation sites is 1. The van der Waals surface area contributed by atoms with Crippen molar-refractivity contribution in [1.29, 1.82) is 0 Å². The number of rotatable bonds is 6. The standard InChI is InChI=1S/C15H15F3N2O2S/c16-15(17,18)13-6-3-7-14(20-13)22-8-10(21)9-23-12-5-2-1-4-11(12)19/h1-7,10,21H,8-9,19H2. The van der Waals surface area contributed by atoms with Crippen molar-refractivity contribution in [3.8, 4) is 5.88 Å². The molecule has 8 heteroatoms. The van der Waals surface area contributed by atoms with Gasteiger partial charge >= 0.3 is 6.18 Å². The van der Waals surface area contributed by atoms with E-state index in [1.54, 1.807) is 12.1 Å². The number of hydrogen-bond acceptors (Lipinski definition) is 5. The number of aromatic nitrogens is 1. The Labute approximate surface area is 135 Å². The van der Waals surface area contributed by atoms with Gasteiger partial charge in [0.1, 0.15) is 12.3 Å². The summed E-state index contributed by atoms with van der Waals surface area (Å²) in [4.78, 5) is 4.19. The third-order valence-electron chi connectivity index (χ3n) is 2.79. The van der Waals surface area contributed by atoms with Crippen LogP contribution >= 0.6 is 11.8 Å². The molecule has 1 aromatic carbocycles. The van der Waals surface area contributed by atoms with E-state index in [4.69, 9.17) is 10.5 Å². The molecular formula is C15H15F3N2O2S. The molecule has 1 aromatic heterocycles. The van der Waals surface area contributed by atoms with Gasteiger partial charge in [-0.1, -0.05) is 18.2 Å². The number of nitrogens with two attached hydrogens (primary N) is 1. The Hall–Kier alpha value is -1.93. The van der Waals surface area contributed by atoms with E-state index in [0.717, 1.165) is 11.0 Å². The van der Waals surface area contributed by atoms with E-state index in [1.807, 2.05) is 12.1 Å². The molecular weight excluding hydrogens is 329 g/mol. The average molecular weight is 344 g/mol. The molecule has 0 spiro atoms. The number of nitrogen functional groups attached to an aromatic ring is 1. The van der Waals surface area contributed by atoms with E-state index < -0.39 is 18.0 Å². The average Bonchev–Trinajstić information content (AvgIpc) is 2.51. The van der Waals surface area contributed by atoms with Gasteiger partial charge in [0.25, 0.3) is 0 Å². The number of thioether (sulfide) groups is 1. The number of hydrogen-bond donors (Lipinski definition) is 2. The highest BCUT2D eigenvalue weighted by Crippen LogP contribution is 2.29. The number of alkyl halides is 3. The lowest BCUT2D eigenvalue weighted by molar-refractivity contribution is -0.141. The summed E-state index contributed by atoms with van der Waals surface area (Å²) >= 11 is 1.34. The quantitative estimate of drug-likeness (QED) is 0.622. The first-order valence-electron chi connectivity index (χ1n) is 6.68. The summed E-state index contributed by atoms with van der Waals surface area (Å²) in [7, 11) is 0. The van der Waals surface area contributed by atoms with Crippen molar-refractivity contribution in [3.05, 3.63) is 48.2 Å². The van der Waals surface area contributed by atoms with Gasteiger partial charge in [0.2, 0.25) is 5.88 Å². The molecule has 0 fully saturated rings. The van der Waals surface area contributed by atoms with Crippen molar-refractivity contribution in [2.45, 2.75) is 17.2 Å². The summed E-state index contributed by atoms with van der Waals surface area (Å²) in [6, 6.07) is 10.6. The molecule has 3 N–H and O–H groups in total. The molecule has 1 unspecified atom stereocenters. The summed E-state index contributed by atoms with van der Waals surface area (Å²) in [5.74, 6) is 0.121. The Balaban J connectivity index is 1.85. The van der Waals surface area contributed by atoms with Gasteiger partial charge in [-0.25, -0.2) is 4.98 Å². The highest BCUT2D eigenvalue weighted by atomic mass is 32.2. The molecule has 0 saturated heterocycles. The van der Waals surface area contributed by atoms with Crippen LogP contribution in [0.4, 0.5) is 18.9 Å². The normalized spacial score (nSPS) is 12.9. The third kappa shape index (κ3) is 5.33. The highest BCUT2D eigenvalue weighted by molar-refractivity contribution is 7.99. The van der Waals surface area contributed by atoms with Gasteiger partial charge < -0.3 is 15.6 Å². The van der Waals surface area contributed by atoms with Crippen molar-refractivity contribution >= 4 is 17.4 Å². The van der Waals surface area contributed by atoms with Crippen LogP contribution in [0, 0.1) is 0 Å². The maximum absolute atomic E-state index is 12.5. The van der Waals surface area contributed by atoms with E-state index in [2.05, 4.69) is 4.98 Å². The number of halogens is 3. The summed E-state index contributed by atoms with van der Waals surface area (Å²) in [5, 5.41) is 9.86. The van der Waals surface area contributed by atoms with Crippen LogP contribution in [0.3, 0.4) is 0 Å². The topological polar surface area (TPSA) is 68.4 Å². The molecule has 23 heavy (non-hydrogen) atoms. The third-order valence-corrected chi connectivity index (χ3v) is 4.02. The summed E-state index contributed by atoms with van der Waals surface area (Å²) in [5.41, 5.74) is 5.35. The number of nitrogens with zero attached hydrogens (tertiary/aromatic N) is 1. The van der Waals surface area contributed by atoms with Crippen molar-refractivity contribution in [2.75, 3.05) is 18.1 Å². The molecule has 0 saturated carbocycles. The molecule has 2 aromatic rings. The van der Waals surface area contributed by atoms with Crippen LogP contribution in [0.25, 0.3) is 0 Å². The Bertz CT molecular complexity index is 653. The second-order valence-corrected chi connectivity index (χ2v) is 5.73. The highest BCUT2D eigenvalue weighted by Gasteiger charge is 2.32. The first-order chi connectivity index (χ1) is 10.9. The van der Waals surface area contributed by atoms with Crippen LogP contribution < -0.4 is 10.5 Å². The number of anilines is 1. The van der Waals surface area contributed by atoms with Gasteiger partial charge in [-0.15, -0.1) is 11.8 Å². The van der Waals surface area contributed by atoms with E-state index in [1.165, 1.54) is 23.9 Å². The molecule has 2 rings (SSSR count). The Morgan fingerprint density at radius 3 is 2.61 bits per heavy atom. The lowest BCUT2D eigenvalue weighted by atomic mass is 10.3. The second-order valence-electron chi connectivity index (χ2n) is 4.67. The molecule has 124 valence electrons. The zero-order valence-electron chi connectivity index (χ0n) is 12.0. The zero-order chi connectivity index (χ0) is 16.9. The predicted molar refractivity (Wildman–Crippen MR) is 82.3 cm³/mol. The Morgan fingerprint density at radius 2 is 1.91 bits per heavy atom. The number of aliphatic hydroxyl groups is 1. The van der Waals surface area contributed by atoms with Gasteiger partial charge in [0.15, 0.2) is 0 Å². The monoisotopic (exact) mass is 344 g/mol. The SMILES string of the molecule is Nc1ccccc1SCC(O)COc1cccc(C(F)(F)F)n1.